The molecule has 128 valence electrons. The molecule has 0 heterocycles. The van der Waals surface area contributed by atoms with Gasteiger partial charge >= 0.3 is 5.97 Å². The van der Waals surface area contributed by atoms with Crippen LogP contribution in [0.25, 0.3) is 0 Å². The van der Waals surface area contributed by atoms with E-state index in [1.807, 2.05) is 6.92 Å². The number of rotatable bonds is 7. The van der Waals surface area contributed by atoms with E-state index in [0.717, 1.165) is 6.42 Å². The highest BCUT2D eigenvalue weighted by Crippen LogP contribution is 2.35. The number of nitrogens with one attached hydrogen (secondary N) is 1. The number of carbonyl (C=O) groups is 2. The largest absolute Gasteiger partial charge is 0.465 e. The molecule has 0 radical (unpaired) electrons. The molecule has 0 fully saturated rings. The molecule has 1 amide bonds. The molecule has 0 spiro atoms. The van der Waals surface area contributed by atoms with Crippen molar-refractivity contribution in [2.24, 2.45) is 5.92 Å². The van der Waals surface area contributed by atoms with Gasteiger partial charge < -0.3 is 10.1 Å². The quantitative estimate of drug-likeness (QED) is 0.531. The second-order valence-electron chi connectivity index (χ2n) is 5.33. The normalized spacial score (nSPS) is 12.1. The Morgan fingerprint density at radius 1 is 1.35 bits per heavy atom. The van der Waals surface area contributed by atoms with Gasteiger partial charge in [0.05, 0.1) is 12.3 Å². The minimum atomic E-state index is -0.531. The zero-order chi connectivity index (χ0) is 17.6. The van der Waals surface area contributed by atoms with E-state index in [-0.39, 0.29) is 23.5 Å². The Morgan fingerprint density at radius 2 is 2.00 bits per heavy atom. The first kappa shape index (κ1) is 20.0. The van der Waals surface area contributed by atoms with Crippen LogP contribution in [-0.4, -0.2) is 23.7 Å². The molecular weight excluding hydrogens is 385 g/mol. The first-order chi connectivity index (χ1) is 10.8. The highest BCUT2D eigenvalue weighted by atomic mass is 79.9. The number of hydrogen-bond acceptors (Lipinski definition) is 4. The Morgan fingerprint density at radius 3 is 2.57 bits per heavy atom. The van der Waals surface area contributed by atoms with Crippen molar-refractivity contribution >= 4 is 45.3 Å². The Kier molecular flexibility index (Phi) is 8.05. The third-order valence-corrected chi connectivity index (χ3v) is 4.94. The molecule has 1 unspecified atom stereocenters. The SMILES string of the molecule is CCCOC(=O)C(C)Sc1cc(NC(=O)C(C)C)c(F)cc1Br. The molecule has 0 bridgehead atoms. The maximum atomic E-state index is 14.0. The van der Waals surface area contributed by atoms with Gasteiger partial charge in [-0.05, 0) is 41.4 Å². The Balaban J connectivity index is 2.90. The molecule has 0 saturated heterocycles. The van der Waals surface area contributed by atoms with Gasteiger partial charge in [0, 0.05) is 15.3 Å². The molecule has 0 aliphatic rings. The van der Waals surface area contributed by atoms with Gasteiger partial charge in [-0.2, -0.15) is 0 Å². The second-order valence-corrected chi connectivity index (χ2v) is 7.57. The summed E-state index contributed by atoms with van der Waals surface area (Å²) in [7, 11) is 0. The third kappa shape index (κ3) is 6.14. The first-order valence-corrected chi connectivity index (χ1v) is 9.06. The standard InChI is InChI=1S/C16H21BrFNO3S/c1-5-6-22-16(21)10(4)23-14-8-13(12(18)7-11(14)17)19-15(20)9(2)3/h7-10H,5-6H2,1-4H3,(H,19,20). The molecule has 0 aliphatic heterocycles. The van der Waals surface area contributed by atoms with Crippen LogP contribution in [0.5, 0.6) is 0 Å². The summed E-state index contributed by atoms with van der Waals surface area (Å²) >= 11 is 4.53. The van der Waals surface area contributed by atoms with Crippen LogP contribution in [0.3, 0.4) is 0 Å². The van der Waals surface area contributed by atoms with Gasteiger partial charge in [-0.25, -0.2) is 4.39 Å². The summed E-state index contributed by atoms with van der Waals surface area (Å²) in [6, 6.07) is 2.80. The molecule has 23 heavy (non-hydrogen) atoms. The van der Waals surface area contributed by atoms with Gasteiger partial charge in [-0.1, -0.05) is 20.8 Å². The Bertz CT molecular complexity index is 581. The predicted octanol–water partition coefficient (Wildman–Crippen LogP) is 4.62. The molecule has 1 rings (SSSR count). The first-order valence-electron chi connectivity index (χ1n) is 7.39. The van der Waals surface area contributed by atoms with Gasteiger partial charge in [0.25, 0.3) is 0 Å². The average Bonchev–Trinajstić information content (AvgIpc) is 2.49. The molecule has 1 aromatic carbocycles. The van der Waals surface area contributed by atoms with Crippen LogP contribution in [0, 0.1) is 11.7 Å². The number of carbonyl (C=O) groups excluding carboxylic acids is 2. The van der Waals surface area contributed by atoms with Gasteiger partial charge in [-0.15, -0.1) is 11.8 Å². The van der Waals surface area contributed by atoms with E-state index in [2.05, 4.69) is 21.2 Å². The number of ether oxygens (including phenoxy) is 1. The highest BCUT2D eigenvalue weighted by molar-refractivity contribution is 9.10. The summed E-state index contributed by atoms with van der Waals surface area (Å²) in [6.45, 7) is 7.49. The summed E-state index contributed by atoms with van der Waals surface area (Å²) < 4.78 is 19.6. The summed E-state index contributed by atoms with van der Waals surface area (Å²) in [5.41, 5.74) is 0.100. The van der Waals surface area contributed by atoms with Gasteiger partial charge in [0.1, 0.15) is 11.1 Å². The van der Waals surface area contributed by atoms with Crippen LogP contribution >= 0.6 is 27.7 Å². The maximum absolute atomic E-state index is 14.0. The zero-order valence-electron chi connectivity index (χ0n) is 13.6. The van der Waals surface area contributed by atoms with Crippen molar-refractivity contribution in [3.8, 4) is 0 Å². The fourth-order valence-corrected chi connectivity index (χ4v) is 3.05. The van der Waals surface area contributed by atoms with Crippen LogP contribution in [-0.2, 0) is 14.3 Å². The molecule has 4 nitrogen and oxygen atoms in total. The van der Waals surface area contributed by atoms with Gasteiger partial charge in [0.2, 0.25) is 5.91 Å². The monoisotopic (exact) mass is 405 g/mol. The van der Waals surface area contributed by atoms with Gasteiger partial charge in [0.15, 0.2) is 0 Å². The smallest absolute Gasteiger partial charge is 0.319 e. The summed E-state index contributed by atoms with van der Waals surface area (Å²) in [4.78, 5) is 24.2. The molecule has 1 atom stereocenters. The number of anilines is 1. The number of esters is 1. The van der Waals surface area contributed by atoms with E-state index in [1.54, 1.807) is 20.8 Å². The second kappa shape index (κ2) is 9.27. The fourth-order valence-electron chi connectivity index (χ4n) is 1.55. The number of benzene rings is 1. The molecule has 1 N–H and O–H groups in total. The molecule has 0 saturated carbocycles. The van der Waals surface area contributed by atoms with E-state index in [1.165, 1.54) is 23.9 Å². The van der Waals surface area contributed by atoms with E-state index in [0.29, 0.717) is 16.0 Å². The van der Waals surface area contributed by atoms with Crippen LogP contribution in [0.4, 0.5) is 10.1 Å². The maximum Gasteiger partial charge on any atom is 0.319 e. The van der Waals surface area contributed by atoms with Crippen molar-refractivity contribution in [1.82, 2.24) is 0 Å². The number of thioether (sulfide) groups is 1. The van der Waals surface area contributed by atoms with Crippen molar-refractivity contribution in [1.29, 1.82) is 0 Å². The Hall–Kier alpha value is -1.08. The van der Waals surface area contributed by atoms with Crippen molar-refractivity contribution in [3.63, 3.8) is 0 Å². The lowest BCUT2D eigenvalue weighted by molar-refractivity contribution is -0.142. The number of halogens is 2. The van der Waals surface area contributed by atoms with Crippen molar-refractivity contribution in [3.05, 3.63) is 22.4 Å². The average molecular weight is 406 g/mol. The van der Waals surface area contributed by atoms with Crippen LogP contribution in [0.2, 0.25) is 0 Å². The molecule has 7 heteroatoms. The highest BCUT2D eigenvalue weighted by Gasteiger charge is 2.19. The van der Waals surface area contributed by atoms with Crippen molar-refractivity contribution < 1.29 is 18.7 Å². The van der Waals surface area contributed by atoms with Crippen molar-refractivity contribution in [2.75, 3.05) is 11.9 Å². The van der Waals surface area contributed by atoms with Crippen LogP contribution in [0.15, 0.2) is 21.5 Å². The summed E-state index contributed by atoms with van der Waals surface area (Å²) in [5.74, 6) is -1.37. The predicted molar refractivity (Wildman–Crippen MR) is 94.1 cm³/mol. The van der Waals surface area contributed by atoms with Crippen LogP contribution < -0.4 is 5.32 Å². The number of hydrogen-bond donors (Lipinski definition) is 1. The molecular formula is C16H21BrFNO3S. The lowest BCUT2D eigenvalue weighted by atomic mass is 10.2. The minimum absolute atomic E-state index is 0.100. The molecule has 1 aromatic rings. The lowest BCUT2D eigenvalue weighted by Gasteiger charge is -2.14. The topological polar surface area (TPSA) is 55.4 Å². The zero-order valence-corrected chi connectivity index (χ0v) is 16.0. The Labute approximate surface area is 148 Å². The molecule has 0 aromatic heterocycles. The minimum Gasteiger partial charge on any atom is -0.465 e. The van der Waals surface area contributed by atoms with E-state index < -0.39 is 11.1 Å². The third-order valence-electron chi connectivity index (χ3n) is 2.89. The summed E-state index contributed by atoms with van der Waals surface area (Å²) in [6.07, 6.45) is 0.759. The van der Waals surface area contributed by atoms with E-state index >= 15 is 0 Å². The van der Waals surface area contributed by atoms with E-state index in [9.17, 15) is 14.0 Å². The number of amides is 1. The van der Waals surface area contributed by atoms with E-state index in [4.69, 9.17) is 4.74 Å². The van der Waals surface area contributed by atoms with Gasteiger partial charge in [-0.3, -0.25) is 9.59 Å². The molecule has 0 aliphatic carbocycles. The fraction of sp³-hybridized carbons (Fsp3) is 0.500. The summed E-state index contributed by atoms with van der Waals surface area (Å²) in [5, 5.41) is 2.12. The lowest BCUT2D eigenvalue weighted by Crippen LogP contribution is -2.19. The van der Waals surface area contributed by atoms with Crippen LogP contribution in [0.1, 0.15) is 34.1 Å². The van der Waals surface area contributed by atoms with Crippen molar-refractivity contribution in [2.45, 2.75) is 44.3 Å².